The molecule has 3 aromatic rings. The van der Waals surface area contributed by atoms with Crippen LogP contribution >= 0.6 is 0 Å². The predicted molar refractivity (Wildman–Crippen MR) is 129 cm³/mol. The van der Waals surface area contributed by atoms with Crippen LogP contribution in [0.3, 0.4) is 0 Å². The zero-order chi connectivity index (χ0) is 24.5. The molecule has 1 aliphatic carbocycles. The molecule has 34 heavy (non-hydrogen) atoms. The number of rotatable bonds is 6. The van der Waals surface area contributed by atoms with Gasteiger partial charge in [0.25, 0.3) is 20.2 Å². The Hall–Kier alpha value is -3.58. The molecule has 10 nitrogen and oxygen atoms in total. The van der Waals surface area contributed by atoms with E-state index in [2.05, 4.69) is 15.5 Å². The van der Waals surface area contributed by atoms with Crippen LogP contribution in [0.4, 0.5) is 22.7 Å². The number of nitrogen functional groups attached to an aromatic ring is 1. The Labute approximate surface area is 196 Å². The standard InChI is InChI=1S/C22H20N4O6S2/c23-14-9-10-18(21(13-14)34(30,31)32)26-25-17-11-12-19(24-15-5-2-1-3-6-15)22-16(17)7-4-8-20(22)33(27,28)29/h2,4-13,24H,1,3,23H2,(H,27,28,29)(H,30,31,32). The number of nitrogens with one attached hydrogen (secondary N) is 1. The minimum atomic E-state index is -4.62. The summed E-state index contributed by atoms with van der Waals surface area (Å²) in [4.78, 5) is -0.843. The average Bonchev–Trinajstić information content (AvgIpc) is 2.78. The van der Waals surface area contributed by atoms with E-state index < -0.39 is 25.1 Å². The molecule has 0 bridgehead atoms. The van der Waals surface area contributed by atoms with Gasteiger partial charge in [0.1, 0.15) is 15.5 Å². The zero-order valence-electron chi connectivity index (χ0n) is 17.6. The van der Waals surface area contributed by atoms with Gasteiger partial charge in [0, 0.05) is 27.8 Å². The number of benzene rings is 3. The number of fused-ring (bicyclic) bond motifs is 1. The van der Waals surface area contributed by atoms with Gasteiger partial charge < -0.3 is 11.1 Å². The van der Waals surface area contributed by atoms with Gasteiger partial charge in [-0.2, -0.15) is 16.8 Å². The van der Waals surface area contributed by atoms with Crippen molar-refractivity contribution in [1.29, 1.82) is 0 Å². The van der Waals surface area contributed by atoms with Crippen LogP contribution in [0.5, 0.6) is 0 Å². The third-order valence-corrected chi connectivity index (χ3v) is 6.84. The van der Waals surface area contributed by atoms with Crippen molar-refractivity contribution >= 4 is 53.8 Å². The van der Waals surface area contributed by atoms with Gasteiger partial charge >= 0.3 is 0 Å². The molecule has 0 spiro atoms. The van der Waals surface area contributed by atoms with Gasteiger partial charge in [-0.25, -0.2) is 0 Å². The first kappa shape index (κ1) is 23.6. The van der Waals surface area contributed by atoms with Crippen molar-refractivity contribution in [2.75, 3.05) is 11.1 Å². The summed E-state index contributed by atoms with van der Waals surface area (Å²) >= 11 is 0. The highest BCUT2D eigenvalue weighted by molar-refractivity contribution is 7.86. The topological polar surface area (TPSA) is 172 Å². The van der Waals surface area contributed by atoms with Crippen molar-refractivity contribution in [2.45, 2.75) is 22.6 Å². The molecule has 5 N–H and O–H groups in total. The number of allylic oxidation sites excluding steroid dienone is 3. The van der Waals surface area contributed by atoms with Crippen molar-refractivity contribution < 1.29 is 25.9 Å². The highest BCUT2D eigenvalue weighted by Crippen LogP contribution is 2.38. The normalized spacial score (nSPS) is 14.5. The van der Waals surface area contributed by atoms with Crippen LogP contribution < -0.4 is 11.1 Å². The SMILES string of the molecule is Nc1ccc(N=Nc2ccc(NC3=CCCC=C3)c3c(S(=O)(=O)O)cccc23)c(S(=O)(=O)O)c1. The smallest absolute Gasteiger partial charge is 0.296 e. The van der Waals surface area contributed by atoms with Crippen LogP contribution in [0.25, 0.3) is 10.8 Å². The maximum atomic E-state index is 12.1. The van der Waals surface area contributed by atoms with Crippen LogP contribution in [0.15, 0.2) is 92.5 Å². The summed E-state index contributed by atoms with van der Waals surface area (Å²) < 4.78 is 66.9. The van der Waals surface area contributed by atoms with Crippen molar-refractivity contribution in [3.05, 3.63) is 72.5 Å². The van der Waals surface area contributed by atoms with Crippen molar-refractivity contribution in [3.63, 3.8) is 0 Å². The van der Waals surface area contributed by atoms with Gasteiger partial charge in [0.15, 0.2) is 0 Å². The van der Waals surface area contributed by atoms with Gasteiger partial charge in [0.05, 0.1) is 5.69 Å². The van der Waals surface area contributed by atoms with E-state index in [9.17, 15) is 25.9 Å². The molecule has 0 saturated heterocycles. The fourth-order valence-corrected chi connectivity index (χ4v) is 4.94. The Balaban J connectivity index is 1.89. The molecule has 0 aliphatic heterocycles. The zero-order valence-corrected chi connectivity index (χ0v) is 19.2. The summed E-state index contributed by atoms with van der Waals surface area (Å²) in [5.41, 5.74) is 6.96. The molecule has 0 fully saturated rings. The van der Waals surface area contributed by atoms with E-state index in [1.807, 2.05) is 18.2 Å². The lowest BCUT2D eigenvalue weighted by Gasteiger charge is -2.15. The average molecular weight is 501 g/mol. The van der Waals surface area contributed by atoms with Crippen LogP contribution in [0, 0.1) is 0 Å². The molecule has 176 valence electrons. The number of nitrogens with zero attached hydrogens (tertiary/aromatic N) is 2. The third-order valence-electron chi connectivity index (χ3n) is 5.06. The number of hydrogen-bond acceptors (Lipinski definition) is 8. The Morgan fingerprint density at radius 3 is 2.24 bits per heavy atom. The Morgan fingerprint density at radius 1 is 0.853 bits per heavy atom. The molecule has 0 atom stereocenters. The Bertz CT molecular complexity index is 1590. The predicted octanol–water partition coefficient (Wildman–Crippen LogP) is 4.98. The van der Waals surface area contributed by atoms with Crippen LogP contribution in [0.1, 0.15) is 12.8 Å². The van der Waals surface area contributed by atoms with Gasteiger partial charge in [-0.1, -0.05) is 24.3 Å². The largest absolute Gasteiger partial charge is 0.399 e. The third kappa shape index (κ3) is 4.99. The summed E-state index contributed by atoms with van der Waals surface area (Å²) in [6.07, 6.45) is 7.55. The molecule has 0 amide bonds. The summed E-state index contributed by atoms with van der Waals surface area (Å²) in [6.45, 7) is 0. The molecule has 1 aliphatic rings. The van der Waals surface area contributed by atoms with Crippen LogP contribution in [-0.2, 0) is 20.2 Å². The Kier molecular flexibility index (Phi) is 6.23. The first-order valence-electron chi connectivity index (χ1n) is 10.00. The molecule has 0 saturated carbocycles. The second-order valence-electron chi connectivity index (χ2n) is 7.45. The van der Waals surface area contributed by atoms with Gasteiger partial charge in [0.2, 0.25) is 0 Å². The molecule has 12 heteroatoms. The molecule has 0 radical (unpaired) electrons. The van der Waals surface area contributed by atoms with Gasteiger partial charge in [-0.15, -0.1) is 10.2 Å². The summed E-state index contributed by atoms with van der Waals surface area (Å²) in [5.74, 6) is 0. The van der Waals surface area contributed by atoms with E-state index in [1.54, 1.807) is 18.2 Å². The molecular weight excluding hydrogens is 480 g/mol. The van der Waals surface area contributed by atoms with E-state index >= 15 is 0 Å². The van der Waals surface area contributed by atoms with Crippen LogP contribution in [-0.4, -0.2) is 25.9 Å². The van der Waals surface area contributed by atoms with E-state index in [0.29, 0.717) is 11.1 Å². The maximum Gasteiger partial charge on any atom is 0.296 e. The van der Waals surface area contributed by atoms with E-state index in [4.69, 9.17) is 5.73 Å². The minimum Gasteiger partial charge on any atom is -0.399 e. The maximum absolute atomic E-state index is 12.1. The van der Waals surface area contributed by atoms with Crippen molar-refractivity contribution in [1.82, 2.24) is 0 Å². The minimum absolute atomic E-state index is 0.108. The molecule has 0 aromatic heterocycles. The lowest BCUT2D eigenvalue weighted by atomic mass is 10.1. The molecular formula is C22H20N4O6S2. The number of hydrogen-bond donors (Lipinski definition) is 4. The monoisotopic (exact) mass is 500 g/mol. The van der Waals surface area contributed by atoms with Crippen LogP contribution in [0.2, 0.25) is 0 Å². The molecule has 3 aromatic carbocycles. The van der Waals surface area contributed by atoms with Gasteiger partial charge in [-0.05, 0) is 55.3 Å². The highest BCUT2D eigenvalue weighted by Gasteiger charge is 2.20. The second-order valence-corrected chi connectivity index (χ2v) is 10.2. The van der Waals surface area contributed by atoms with E-state index in [-0.39, 0.29) is 27.3 Å². The highest BCUT2D eigenvalue weighted by atomic mass is 32.2. The summed E-state index contributed by atoms with van der Waals surface area (Å²) in [5, 5.41) is 11.7. The summed E-state index contributed by atoms with van der Waals surface area (Å²) in [6, 6.07) is 11.2. The molecule has 4 rings (SSSR count). The fraction of sp³-hybridized carbons (Fsp3) is 0.0909. The van der Waals surface area contributed by atoms with Crippen molar-refractivity contribution in [2.24, 2.45) is 10.2 Å². The lowest BCUT2D eigenvalue weighted by molar-refractivity contribution is 0.481. The summed E-state index contributed by atoms with van der Waals surface area (Å²) in [7, 11) is -9.20. The first-order valence-corrected chi connectivity index (χ1v) is 12.9. The molecule has 0 heterocycles. The second kappa shape index (κ2) is 8.99. The van der Waals surface area contributed by atoms with E-state index in [0.717, 1.165) is 24.6 Å². The quantitative estimate of drug-likeness (QED) is 0.208. The van der Waals surface area contributed by atoms with Gasteiger partial charge in [-0.3, -0.25) is 9.11 Å². The fourth-order valence-electron chi connectivity index (χ4n) is 3.55. The Morgan fingerprint density at radius 2 is 1.56 bits per heavy atom. The molecule has 0 unspecified atom stereocenters. The number of azo groups is 1. The van der Waals surface area contributed by atoms with Crippen molar-refractivity contribution in [3.8, 4) is 0 Å². The lowest BCUT2D eigenvalue weighted by Crippen LogP contribution is -2.04. The number of anilines is 2. The first-order chi connectivity index (χ1) is 16.0. The number of nitrogens with two attached hydrogens (primary N) is 1. The van der Waals surface area contributed by atoms with E-state index in [1.165, 1.54) is 24.3 Å².